The van der Waals surface area contributed by atoms with Crippen molar-refractivity contribution in [1.29, 1.82) is 5.41 Å². The summed E-state index contributed by atoms with van der Waals surface area (Å²) in [5, 5.41) is 7.70. The van der Waals surface area contributed by atoms with E-state index in [-0.39, 0.29) is 5.84 Å². The van der Waals surface area contributed by atoms with Gasteiger partial charge in [-0.05, 0) is 31.2 Å². The Morgan fingerprint density at radius 3 is 2.75 bits per heavy atom. The molecule has 1 saturated carbocycles. The summed E-state index contributed by atoms with van der Waals surface area (Å²) in [4.78, 5) is 2.45. The lowest BCUT2D eigenvalue weighted by atomic mass is 10.0. The van der Waals surface area contributed by atoms with E-state index in [4.69, 9.17) is 15.9 Å². The molecule has 0 aromatic heterocycles. The van der Waals surface area contributed by atoms with E-state index in [0.717, 1.165) is 36.7 Å². The van der Waals surface area contributed by atoms with Crippen molar-refractivity contribution in [2.45, 2.75) is 32.4 Å². The van der Waals surface area contributed by atoms with Crippen molar-refractivity contribution in [3.8, 4) is 0 Å². The van der Waals surface area contributed by atoms with Crippen LogP contribution in [0.15, 0.2) is 24.3 Å². The first-order chi connectivity index (χ1) is 9.63. The zero-order chi connectivity index (χ0) is 14.5. The number of rotatable bonds is 8. The minimum atomic E-state index is 0.145. The van der Waals surface area contributed by atoms with Gasteiger partial charge in [-0.15, -0.1) is 0 Å². The third-order valence-electron chi connectivity index (χ3n) is 4.14. The molecule has 0 heterocycles. The second kappa shape index (κ2) is 6.86. The van der Waals surface area contributed by atoms with Crippen molar-refractivity contribution in [2.75, 3.05) is 20.3 Å². The van der Waals surface area contributed by atoms with Gasteiger partial charge in [-0.25, -0.2) is 0 Å². The summed E-state index contributed by atoms with van der Waals surface area (Å²) < 4.78 is 5.23. The molecule has 0 aliphatic heterocycles. The Balaban J connectivity index is 2.11. The SMILES string of the molecule is COCCN(Cc1ccccc1C(=N)N)C(C)C1CC1. The lowest BCUT2D eigenvalue weighted by Crippen LogP contribution is -2.37. The Bertz CT molecular complexity index is 457. The summed E-state index contributed by atoms with van der Waals surface area (Å²) in [5.41, 5.74) is 7.65. The third-order valence-corrected chi connectivity index (χ3v) is 4.14. The van der Waals surface area contributed by atoms with Gasteiger partial charge in [0.15, 0.2) is 0 Å². The highest BCUT2D eigenvalue weighted by Crippen LogP contribution is 2.35. The molecule has 0 amide bonds. The second-order valence-corrected chi connectivity index (χ2v) is 5.61. The fourth-order valence-corrected chi connectivity index (χ4v) is 2.65. The van der Waals surface area contributed by atoms with Crippen LogP contribution in [0.4, 0.5) is 0 Å². The predicted molar refractivity (Wildman–Crippen MR) is 81.9 cm³/mol. The van der Waals surface area contributed by atoms with Gasteiger partial charge in [-0.1, -0.05) is 24.3 Å². The van der Waals surface area contributed by atoms with Crippen molar-refractivity contribution in [3.05, 3.63) is 35.4 Å². The van der Waals surface area contributed by atoms with Crippen LogP contribution in [0.2, 0.25) is 0 Å². The van der Waals surface area contributed by atoms with Crippen LogP contribution in [-0.4, -0.2) is 37.0 Å². The van der Waals surface area contributed by atoms with Crippen LogP contribution in [-0.2, 0) is 11.3 Å². The molecule has 20 heavy (non-hydrogen) atoms. The molecule has 4 nitrogen and oxygen atoms in total. The molecule has 0 saturated heterocycles. The number of nitrogens with zero attached hydrogens (tertiary/aromatic N) is 1. The zero-order valence-corrected chi connectivity index (χ0v) is 12.4. The van der Waals surface area contributed by atoms with Gasteiger partial charge in [0.25, 0.3) is 0 Å². The molecule has 1 aromatic carbocycles. The van der Waals surface area contributed by atoms with E-state index in [1.165, 1.54) is 12.8 Å². The van der Waals surface area contributed by atoms with Gasteiger partial charge in [0.05, 0.1) is 6.61 Å². The number of nitrogens with two attached hydrogens (primary N) is 1. The molecule has 1 aliphatic rings. The third kappa shape index (κ3) is 3.81. The highest BCUT2D eigenvalue weighted by atomic mass is 16.5. The minimum absolute atomic E-state index is 0.145. The van der Waals surface area contributed by atoms with E-state index in [2.05, 4.69) is 17.9 Å². The molecule has 0 radical (unpaired) electrons. The van der Waals surface area contributed by atoms with E-state index in [1.54, 1.807) is 7.11 Å². The van der Waals surface area contributed by atoms with Crippen molar-refractivity contribution in [3.63, 3.8) is 0 Å². The summed E-state index contributed by atoms with van der Waals surface area (Å²) in [7, 11) is 1.74. The number of hydrogen-bond acceptors (Lipinski definition) is 3. The standard InChI is InChI=1S/C16H25N3O/c1-12(13-7-8-13)19(9-10-20-2)11-14-5-3-4-6-15(14)16(17)18/h3-6,12-13H,7-11H2,1-2H3,(H3,17,18). The van der Waals surface area contributed by atoms with Gasteiger partial charge in [-0.2, -0.15) is 0 Å². The first kappa shape index (κ1) is 15.0. The first-order valence-corrected chi connectivity index (χ1v) is 7.28. The number of nitrogen functional groups attached to an aromatic ring is 1. The molecule has 1 aromatic rings. The van der Waals surface area contributed by atoms with Gasteiger partial charge in [0, 0.05) is 31.8 Å². The maximum Gasteiger partial charge on any atom is 0.123 e. The largest absolute Gasteiger partial charge is 0.384 e. The van der Waals surface area contributed by atoms with Gasteiger partial charge >= 0.3 is 0 Å². The number of ether oxygens (including phenoxy) is 1. The van der Waals surface area contributed by atoms with Gasteiger partial charge in [-0.3, -0.25) is 10.3 Å². The van der Waals surface area contributed by atoms with Gasteiger partial charge in [0.2, 0.25) is 0 Å². The molecule has 110 valence electrons. The highest BCUT2D eigenvalue weighted by molar-refractivity contribution is 5.96. The quantitative estimate of drug-likeness (QED) is 0.565. The highest BCUT2D eigenvalue weighted by Gasteiger charge is 2.32. The van der Waals surface area contributed by atoms with Crippen LogP contribution in [0.5, 0.6) is 0 Å². The Hall–Kier alpha value is -1.39. The number of methoxy groups -OCH3 is 1. The number of amidine groups is 1. The average Bonchev–Trinajstić information content (AvgIpc) is 3.27. The van der Waals surface area contributed by atoms with Crippen LogP contribution in [0, 0.1) is 11.3 Å². The summed E-state index contributed by atoms with van der Waals surface area (Å²) in [6.07, 6.45) is 2.66. The monoisotopic (exact) mass is 275 g/mol. The van der Waals surface area contributed by atoms with E-state index < -0.39 is 0 Å². The molecule has 0 spiro atoms. The second-order valence-electron chi connectivity index (χ2n) is 5.61. The lowest BCUT2D eigenvalue weighted by Gasteiger charge is -2.29. The summed E-state index contributed by atoms with van der Waals surface area (Å²) in [5.74, 6) is 0.961. The Morgan fingerprint density at radius 1 is 1.45 bits per heavy atom. The molecule has 1 aliphatic carbocycles. The predicted octanol–water partition coefficient (Wildman–Crippen LogP) is 2.22. The maximum atomic E-state index is 7.70. The van der Waals surface area contributed by atoms with E-state index in [9.17, 15) is 0 Å². The minimum Gasteiger partial charge on any atom is -0.384 e. The normalized spacial score (nSPS) is 16.4. The van der Waals surface area contributed by atoms with Crippen LogP contribution < -0.4 is 5.73 Å². The molecular weight excluding hydrogens is 250 g/mol. The van der Waals surface area contributed by atoms with Crippen LogP contribution in [0.25, 0.3) is 0 Å². The molecule has 1 atom stereocenters. The Kier molecular flexibility index (Phi) is 5.15. The van der Waals surface area contributed by atoms with Crippen molar-refractivity contribution in [2.24, 2.45) is 11.7 Å². The molecule has 2 rings (SSSR count). The van der Waals surface area contributed by atoms with Crippen LogP contribution >= 0.6 is 0 Å². The lowest BCUT2D eigenvalue weighted by molar-refractivity contribution is 0.111. The Labute approximate surface area is 121 Å². The molecular formula is C16H25N3O. The zero-order valence-electron chi connectivity index (χ0n) is 12.4. The number of nitrogens with one attached hydrogen (secondary N) is 1. The smallest absolute Gasteiger partial charge is 0.123 e. The molecule has 3 N–H and O–H groups in total. The van der Waals surface area contributed by atoms with Gasteiger partial charge in [0.1, 0.15) is 5.84 Å². The summed E-state index contributed by atoms with van der Waals surface area (Å²) in [6.45, 7) is 4.78. The number of hydrogen-bond donors (Lipinski definition) is 2. The molecule has 1 unspecified atom stereocenters. The topological polar surface area (TPSA) is 62.3 Å². The van der Waals surface area contributed by atoms with Crippen molar-refractivity contribution < 1.29 is 4.74 Å². The number of benzene rings is 1. The first-order valence-electron chi connectivity index (χ1n) is 7.28. The van der Waals surface area contributed by atoms with Crippen molar-refractivity contribution in [1.82, 2.24) is 4.90 Å². The van der Waals surface area contributed by atoms with Crippen LogP contribution in [0.1, 0.15) is 30.9 Å². The van der Waals surface area contributed by atoms with E-state index in [1.807, 2.05) is 18.2 Å². The maximum absolute atomic E-state index is 7.70. The van der Waals surface area contributed by atoms with Gasteiger partial charge < -0.3 is 10.5 Å². The average molecular weight is 275 g/mol. The van der Waals surface area contributed by atoms with Crippen molar-refractivity contribution >= 4 is 5.84 Å². The fourth-order valence-electron chi connectivity index (χ4n) is 2.65. The summed E-state index contributed by atoms with van der Waals surface area (Å²) >= 11 is 0. The molecule has 4 heteroatoms. The molecule has 0 bridgehead atoms. The van der Waals surface area contributed by atoms with Crippen LogP contribution in [0.3, 0.4) is 0 Å². The van der Waals surface area contributed by atoms with E-state index >= 15 is 0 Å². The fraction of sp³-hybridized carbons (Fsp3) is 0.562. The van der Waals surface area contributed by atoms with E-state index in [0.29, 0.717) is 6.04 Å². The molecule has 1 fully saturated rings. The Morgan fingerprint density at radius 2 is 2.15 bits per heavy atom. The summed E-state index contributed by atoms with van der Waals surface area (Å²) in [6, 6.07) is 8.50.